The topological polar surface area (TPSA) is 38.8 Å². The smallest absolute Gasteiger partial charge is 0.225 e. The molecule has 23 heavy (non-hydrogen) atoms. The second-order valence-corrected chi connectivity index (χ2v) is 9.03. The zero-order valence-electron chi connectivity index (χ0n) is 14.0. The average molecular weight is 340 g/mol. The summed E-state index contributed by atoms with van der Waals surface area (Å²) < 4.78 is 12.2. The van der Waals surface area contributed by atoms with Gasteiger partial charge in [0.2, 0.25) is 5.91 Å². The van der Waals surface area contributed by atoms with Gasteiger partial charge in [0.25, 0.3) is 0 Å². The highest BCUT2D eigenvalue weighted by Crippen LogP contribution is 2.39. The van der Waals surface area contributed by atoms with E-state index in [4.69, 9.17) is 9.47 Å². The fourth-order valence-electron chi connectivity index (χ4n) is 4.15. The summed E-state index contributed by atoms with van der Waals surface area (Å²) in [6.45, 7) is 3.42. The van der Waals surface area contributed by atoms with Crippen molar-refractivity contribution in [2.75, 3.05) is 37.8 Å². The van der Waals surface area contributed by atoms with Crippen LogP contribution in [0.5, 0.6) is 0 Å². The normalized spacial score (nSPS) is 31.7. The molecule has 3 heterocycles. The molecule has 0 aromatic heterocycles. The largest absolute Gasteiger partial charge is 0.375 e. The predicted octanol–water partition coefficient (Wildman–Crippen LogP) is 2.71. The number of hydrogen-bond acceptors (Lipinski definition) is 4. The van der Waals surface area contributed by atoms with Crippen molar-refractivity contribution in [1.82, 2.24) is 4.90 Å². The molecule has 0 bridgehead atoms. The van der Waals surface area contributed by atoms with E-state index in [1.54, 1.807) is 0 Å². The van der Waals surface area contributed by atoms with Gasteiger partial charge in [-0.05, 0) is 55.9 Å². The third kappa shape index (κ3) is 3.88. The van der Waals surface area contributed by atoms with E-state index in [0.717, 1.165) is 75.8 Å². The Morgan fingerprint density at radius 3 is 2.61 bits per heavy atom. The molecule has 1 amide bonds. The highest BCUT2D eigenvalue weighted by molar-refractivity contribution is 7.99. The number of carbonyl (C=O) groups excluding carboxylic acids is 1. The molecule has 4 nitrogen and oxygen atoms in total. The minimum atomic E-state index is -0.00653. The number of amides is 1. The molecule has 0 radical (unpaired) electrons. The summed E-state index contributed by atoms with van der Waals surface area (Å²) in [7, 11) is 0. The molecule has 0 N–H and O–H groups in total. The first-order chi connectivity index (χ1) is 11.2. The van der Waals surface area contributed by atoms with Gasteiger partial charge in [0.15, 0.2) is 0 Å². The lowest BCUT2D eigenvalue weighted by Gasteiger charge is -2.40. The van der Waals surface area contributed by atoms with Crippen LogP contribution in [-0.2, 0) is 14.3 Å². The highest BCUT2D eigenvalue weighted by atomic mass is 32.2. The number of piperidine rings is 1. The number of likely N-dealkylation sites (tertiary alicyclic amines) is 1. The number of ether oxygens (including phenoxy) is 2. The van der Waals surface area contributed by atoms with Crippen molar-refractivity contribution < 1.29 is 14.3 Å². The lowest BCUT2D eigenvalue weighted by atomic mass is 9.87. The zero-order valence-corrected chi connectivity index (χ0v) is 14.8. The van der Waals surface area contributed by atoms with E-state index in [-0.39, 0.29) is 17.6 Å². The molecule has 3 saturated heterocycles. The van der Waals surface area contributed by atoms with E-state index in [0.29, 0.717) is 5.91 Å². The van der Waals surface area contributed by atoms with Crippen molar-refractivity contribution in [3.63, 3.8) is 0 Å². The Kier molecular flexibility index (Phi) is 4.89. The summed E-state index contributed by atoms with van der Waals surface area (Å²) in [6.07, 6.45) is 8.12. The molecule has 4 rings (SSSR count). The second kappa shape index (κ2) is 6.93. The van der Waals surface area contributed by atoms with Crippen LogP contribution in [0.1, 0.15) is 44.9 Å². The van der Waals surface area contributed by atoms with Gasteiger partial charge in [-0.3, -0.25) is 4.79 Å². The SMILES string of the molecule is O=C(C1CCSCC1)N1CCC2(CC1)C[C@H](OCC1CC1)CO2. The minimum absolute atomic E-state index is 0.00653. The highest BCUT2D eigenvalue weighted by Gasteiger charge is 2.44. The van der Waals surface area contributed by atoms with Crippen LogP contribution in [0.3, 0.4) is 0 Å². The van der Waals surface area contributed by atoms with Gasteiger partial charge in [0, 0.05) is 32.0 Å². The van der Waals surface area contributed by atoms with E-state index in [2.05, 4.69) is 4.90 Å². The van der Waals surface area contributed by atoms with Gasteiger partial charge >= 0.3 is 0 Å². The molecular weight excluding hydrogens is 310 g/mol. The fraction of sp³-hybridized carbons (Fsp3) is 0.944. The third-order valence-electron chi connectivity index (χ3n) is 6.00. The standard InChI is InChI=1S/C18H29NO3S/c20-17(15-3-9-23-10-4-15)19-7-5-18(6-8-19)11-16(13-22-18)21-12-14-1-2-14/h14-16H,1-13H2/t16-/m0/s1. The molecule has 0 unspecified atom stereocenters. The average Bonchev–Trinajstić information content (AvgIpc) is 3.36. The summed E-state index contributed by atoms with van der Waals surface area (Å²) in [6, 6.07) is 0. The number of carbonyl (C=O) groups is 1. The summed E-state index contributed by atoms with van der Waals surface area (Å²) in [5.74, 6) is 3.80. The van der Waals surface area contributed by atoms with E-state index >= 15 is 0 Å². The van der Waals surface area contributed by atoms with E-state index in [9.17, 15) is 4.79 Å². The molecule has 130 valence electrons. The first kappa shape index (κ1) is 16.2. The van der Waals surface area contributed by atoms with Crippen molar-refractivity contribution in [2.45, 2.75) is 56.7 Å². The summed E-state index contributed by atoms with van der Waals surface area (Å²) in [5, 5.41) is 0. The van der Waals surface area contributed by atoms with Gasteiger partial charge < -0.3 is 14.4 Å². The second-order valence-electron chi connectivity index (χ2n) is 7.81. The molecular formula is C18H29NO3S. The van der Waals surface area contributed by atoms with Crippen LogP contribution in [0, 0.1) is 11.8 Å². The Morgan fingerprint density at radius 2 is 1.91 bits per heavy atom. The molecule has 0 aromatic carbocycles. The molecule has 4 fully saturated rings. The lowest BCUT2D eigenvalue weighted by Crippen LogP contribution is -2.48. The quantitative estimate of drug-likeness (QED) is 0.789. The van der Waals surface area contributed by atoms with Crippen LogP contribution in [0.25, 0.3) is 0 Å². The maximum absolute atomic E-state index is 12.7. The predicted molar refractivity (Wildman–Crippen MR) is 91.6 cm³/mol. The van der Waals surface area contributed by atoms with E-state index < -0.39 is 0 Å². The first-order valence-corrected chi connectivity index (χ1v) is 10.5. The number of thioether (sulfide) groups is 1. The van der Waals surface area contributed by atoms with Crippen LogP contribution in [0.15, 0.2) is 0 Å². The monoisotopic (exact) mass is 339 g/mol. The molecule has 0 aromatic rings. The number of nitrogens with zero attached hydrogens (tertiary/aromatic N) is 1. The maximum Gasteiger partial charge on any atom is 0.225 e. The molecule has 3 aliphatic heterocycles. The van der Waals surface area contributed by atoms with Gasteiger partial charge in [-0.25, -0.2) is 0 Å². The first-order valence-electron chi connectivity index (χ1n) is 9.36. The van der Waals surface area contributed by atoms with Gasteiger partial charge in [-0.15, -0.1) is 0 Å². The van der Waals surface area contributed by atoms with E-state index in [1.165, 1.54) is 12.8 Å². The van der Waals surface area contributed by atoms with Crippen molar-refractivity contribution in [3.8, 4) is 0 Å². The van der Waals surface area contributed by atoms with Crippen LogP contribution in [-0.4, -0.2) is 60.3 Å². The van der Waals surface area contributed by atoms with Gasteiger partial charge in [0.1, 0.15) is 0 Å². The Bertz CT molecular complexity index is 426. The van der Waals surface area contributed by atoms with Crippen molar-refractivity contribution >= 4 is 17.7 Å². The molecule has 1 spiro atoms. The van der Waals surface area contributed by atoms with Gasteiger partial charge in [-0.1, -0.05) is 0 Å². The van der Waals surface area contributed by atoms with Crippen LogP contribution >= 0.6 is 11.8 Å². The summed E-state index contributed by atoms with van der Waals surface area (Å²) in [5.41, 5.74) is -0.00653. The molecule has 1 atom stereocenters. The summed E-state index contributed by atoms with van der Waals surface area (Å²) in [4.78, 5) is 14.8. The summed E-state index contributed by atoms with van der Waals surface area (Å²) >= 11 is 1.98. The number of hydrogen-bond donors (Lipinski definition) is 0. The number of rotatable bonds is 4. The van der Waals surface area contributed by atoms with E-state index in [1.807, 2.05) is 11.8 Å². The van der Waals surface area contributed by atoms with Crippen LogP contribution < -0.4 is 0 Å². The maximum atomic E-state index is 12.7. The van der Waals surface area contributed by atoms with Crippen LogP contribution in [0.2, 0.25) is 0 Å². The van der Waals surface area contributed by atoms with Crippen molar-refractivity contribution in [1.29, 1.82) is 0 Å². The fourth-order valence-corrected chi connectivity index (χ4v) is 5.26. The van der Waals surface area contributed by atoms with Crippen LogP contribution in [0.4, 0.5) is 0 Å². The van der Waals surface area contributed by atoms with Crippen molar-refractivity contribution in [3.05, 3.63) is 0 Å². The lowest BCUT2D eigenvalue weighted by molar-refractivity contribution is -0.140. The Morgan fingerprint density at radius 1 is 1.17 bits per heavy atom. The van der Waals surface area contributed by atoms with Gasteiger partial charge in [-0.2, -0.15) is 11.8 Å². The third-order valence-corrected chi connectivity index (χ3v) is 7.05. The minimum Gasteiger partial charge on any atom is -0.375 e. The molecule has 1 saturated carbocycles. The molecule has 5 heteroatoms. The Labute approximate surface area is 143 Å². The zero-order chi connectivity index (χ0) is 15.7. The molecule has 1 aliphatic carbocycles. The Balaban J connectivity index is 1.24. The Hall–Kier alpha value is -0.260. The molecule has 4 aliphatic rings. The van der Waals surface area contributed by atoms with Gasteiger partial charge in [0.05, 0.1) is 18.3 Å². The van der Waals surface area contributed by atoms with Crippen molar-refractivity contribution in [2.24, 2.45) is 11.8 Å².